The summed E-state index contributed by atoms with van der Waals surface area (Å²) in [5.41, 5.74) is 0.921. The van der Waals surface area contributed by atoms with Crippen LogP contribution >= 0.6 is 0 Å². The van der Waals surface area contributed by atoms with Crippen LogP contribution in [0.1, 0.15) is 18.4 Å². The summed E-state index contributed by atoms with van der Waals surface area (Å²) in [4.78, 5) is 25.4. The monoisotopic (exact) mass is 254 g/mol. The molecule has 0 unspecified atom stereocenters. The van der Waals surface area contributed by atoms with Gasteiger partial charge in [-0.25, -0.2) is 4.79 Å². The highest BCUT2D eigenvalue weighted by molar-refractivity contribution is 5.74. The normalized spacial score (nSPS) is 10.1. The molecule has 0 aliphatic rings. The van der Waals surface area contributed by atoms with Gasteiger partial charge in [0.15, 0.2) is 0 Å². The molecule has 0 aromatic carbocycles. The summed E-state index contributed by atoms with van der Waals surface area (Å²) in [6, 6.07) is 1.66. The van der Waals surface area contributed by atoms with Crippen molar-refractivity contribution < 1.29 is 19.1 Å². The van der Waals surface area contributed by atoms with E-state index in [1.54, 1.807) is 37.6 Å². The fourth-order valence-electron chi connectivity index (χ4n) is 1.58. The average molecular weight is 254 g/mol. The van der Waals surface area contributed by atoms with E-state index in [-0.39, 0.29) is 12.5 Å². The number of amides is 2. The van der Waals surface area contributed by atoms with Crippen molar-refractivity contribution in [1.29, 1.82) is 0 Å². The van der Waals surface area contributed by atoms with Crippen LogP contribution in [-0.2, 0) is 11.3 Å². The molecule has 0 radical (unpaired) electrons. The zero-order chi connectivity index (χ0) is 13.5. The SMILES string of the molecule is CN(CCCC(=O)O)C(=O)N(C)Cc1ccoc1. The molecule has 0 fully saturated rings. The summed E-state index contributed by atoms with van der Waals surface area (Å²) in [5.74, 6) is -0.845. The lowest BCUT2D eigenvalue weighted by Gasteiger charge is -2.24. The average Bonchev–Trinajstić information content (AvgIpc) is 2.80. The lowest BCUT2D eigenvalue weighted by molar-refractivity contribution is -0.137. The third-order valence-electron chi connectivity index (χ3n) is 2.54. The van der Waals surface area contributed by atoms with Crippen LogP contribution in [0.5, 0.6) is 0 Å². The molecular formula is C12H18N2O4. The molecule has 1 aromatic rings. The second-order valence-electron chi connectivity index (χ2n) is 4.19. The third kappa shape index (κ3) is 4.48. The number of carbonyl (C=O) groups excluding carboxylic acids is 1. The van der Waals surface area contributed by atoms with Crippen molar-refractivity contribution in [3.8, 4) is 0 Å². The maximum Gasteiger partial charge on any atom is 0.319 e. The molecule has 0 aliphatic heterocycles. The lowest BCUT2D eigenvalue weighted by atomic mass is 10.3. The van der Waals surface area contributed by atoms with Crippen molar-refractivity contribution in [2.24, 2.45) is 0 Å². The Morgan fingerprint density at radius 1 is 1.33 bits per heavy atom. The van der Waals surface area contributed by atoms with E-state index in [1.165, 1.54) is 4.90 Å². The summed E-state index contributed by atoms with van der Waals surface area (Å²) in [7, 11) is 3.36. The van der Waals surface area contributed by atoms with Crippen molar-refractivity contribution in [2.75, 3.05) is 20.6 Å². The molecule has 0 aliphatic carbocycles. The van der Waals surface area contributed by atoms with E-state index < -0.39 is 5.97 Å². The van der Waals surface area contributed by atoms with Crippen LogP contribution in [0.2, 0.25) is 0 Å². The van der Waals surface area contributed by atoms with Crippen molar-refractivity contribution in [3.63, 3.8) is 0 Å². The van der Waals surface area contributed by atoms with Crippen LogP contribution in [0.25, 0.3) is 0 Å². The van der Waals surface area contributed by atoms with E-state index in [1.807, 2.05) is 0 Å². The second-order valence-corrected chi connectivity index (χ2v) is 4.19. The minimum absolute atomic E-state index is 0.0725. The van der Waals surface area contributed by atoms with Gasteiger partial charge in [-0.1, -0.05) is 0 Å². The number of hydrogen-bond donors (Lipinski definition) is 1. The summed E-state index contributed by atoms with van der Waals surface area (Å²) >= 11 is 0. The maximum atomic E-state index is 11.9. The van der Waals surface area contributed by atoms with E-state index in [9.17, 15) is 9.59 Å². The number of furan rings is 1. The van der Waals surface area contributed by atoms with Gasteiger partial charge in [-0.2, -0.15) is 0 Å². The third-order valence-corrected chi connectivity index (χ3v) is 2.54. The summed E-state index contributed by atoms with van der Waals surface area (Å²) in [6.45, 7) is 0.902. The Balaban J connectivity index is 2.35. The Morgan fingerprint density at radius 3 is 2.61 bits per heavy atom. The molecule has 2 amide bonds. The van der Waals surface area contributed by atoms with Crippen LogP contribution in [0.15, 0.2) is 23.0 Å². The largest absolute Gasteiger partial charge is 0.481 e. The van der Waals surface area contributed by atoms with Crippen LogP contribution in [0.4, 0.5) is 4.79 Å². The summed E-state index contributed by atoms with van der Waals surface area (Å²) < 4.78 is 4.93. The first-order chi connectivity index (χ1) is 8.50. The minimum atomic E-state index is -0.845. The molecule has 1 N–H and O–H groups in total. The smallest absolute Gasteiger partial charge is 0.319 e. The second kappa shape index (κ2) is 6.68. The van der Waals surface area contributed by atoms with E-state index in [4.69, 9.17) is 9.52 Å². The molecular weight excluding hydrogens is 236 g/mol. The Hall–Kier alpha value is -1.98. The molecule has 18 heavy (non-hydrogen) atoms. The zero-order valence-corrected chi connectivity index (χ0v) is 10.6. The van der Waals surface area contributed by atoms with Crippen LogP contribution in [-0.4, -0.2) is 47.5 Å². The van der Waals surface area contributed by atoms with Crippen LogP contribution in [0, 0.1) is 0 Å². The number of nitrogens with zero attached hydrogens (tertiary/aromatic N) is 2. The molecule has 0 bridgehead atoms. The zero-order valence-electron chi connectivity index (χ0n) is 10.6. The number of urea groups is 1. The Kier molecular flexibility index (Phi) is 5.23. The maximum absolute atomic E-state index is 11.9. The van der Waals surface area contributed by atoms with Crippen molar-refractivity contribution in [3.05, 3.63) is 24.2 Å². The minimum Gasteiger partial charge on any atom is -0.481 e. The predicted molar refractivity (Wildman–Crippen MR) is 65.1 cm³/mol. The number of hydrogen-bond acceptors (Lipinski definition) is 3. The van der Waals surface area contributed by atoms with Gasteiger partial charge in [-0.05, 0) is 12.5 Å². The van der Waals surface area contributed by atoms with Crippen LogP contribution in [0.3, 0.4) is 0 Å². The fourth-order valence-corrected chi connectivity index (χ4v) is 1.58. The highest BCUT2D eigenvalue weighted by atomic mass is 16.4. The molecule has 1 rings (SSSR count). The van der Waals surface area contributed by atoms with Gasteiger partial charge in [0.1, 0.15) is 0 Å². The van der Waals surface area contributed by atoms with Gasteiger partial charge in [0.25, 0.3) is 0 Å². The molecule has 0 saturated carbocycles. The fraction of sp³-hybridized carbons (Fsp3) is 0.500. The van der Waals surface area contributed by atoms with Gasteiger partial charge in [-0.15, -0.1) is 0 Å². The molecule has 0 spiro atoms. The highest BCUT2D eigenvalue weighted by Gasteiger charge is 2.14. The van der Waals surface area contributed by atoms with E-state index >= 15 is 0 Å². The van der Waals surface area contributed by atoms with Gasteiger partial charge in [-0.3, -0.25) is 4.79 Å². The number of rotatable bonds is 6. The van der Waals surface area contributed by atoms with Crippen molar-refractivity contribution in [1.82, 2.24) is 9.80 Å². The highest BCUT2D eigenvalue weighted by Crippen LogP contribution is 2.06. The summed E-state index contributed by atoms with van der Waals surface area (Å²) in [6.07, 6.45) is 3.68. The standard InChI is InChI=1S/C12H18N2O4/c1-13(6-3-4-11(15)16)12(17)14(2)8-10-5-7-18-9-10/h5,7,9H,3-4,6,8H2,1-2H3,(H,15,16). The van der Waals surface area contributed by atoms with E-state index in [0.717, 1.165) is 5.56 Å². The topological polar surface area (TPSA) is 74.0 Å². The number of carboxylic acids is 1. The van der Waals surface area contributed by atoms with Gasteiger partial charge in [0, 0.05) is 32.6 Å². The van der Waals surface area contributed by atoms with Gasteiger partial charge < -0.3 is 19.3 Å². The molecule has 6 nitrogen and oxygen atoms in total. The molecule has 0 saturated heterocycles. The molecule has 1 aromatic heterocycles. The van der Waals surface area contributed by atoms with Crippen LogP contribution < -0.4 is 0 Å². The Morgan fingerprint density at radius 2 is 2.06 bits per heavy atom. The number of carbonyl (C=O) groups is 2. The van der Waals surface area contributed by atoms with Gasteiger partial charge >= 0.3 is 12.0 Å². The molecule has 1 heterocycles. The number of carboxylic acid groups (broad SMARTS) is 1. The molecule has 0 atom stereocenters. The molecule has 100 valence electrons. The lowest BCUT2D eigenvalue weighted by Crippen LogP contribution is -2.38. The Labute approximate surface area is 106 Å². The van der Waals surface area contributed by atoms with E-state index in [0.29, 0.717) is 19.5 Å². The van der Waals surface area contributed by atoms with Gasteiger partial charge in [0.2, 0.25) is 0 Å². The first-order valence-corrected chi connectivity index (χ1v) is 5.70. The van der Waals surface area contributed by atoms with E-state index in [2.05, 4.69) is 0 Å². The first-order valence-electron chi connectivity index (χ1n) is 5.70. The van der Waals surface area contributed by atoms with Crippen molar-refractivity contribution >= 4 is 12.0 Å². The quantitative estimate of drug-likeness (QED) is 0.837. The number of aliphatic carboxylic acids is 1. The molecule has 6 heteroatoms. The Bertz CT molecular complexity index is 389. The predicted octanol–water partition coefficient (Wildman–Crippen LogP) is 1.63. The van der Waals surface area contributed by atoms with Crippen molar-refractivity contribution in [2.45, 2.75) is 19.4 Å². The van der Waals surface area contributed by atoms with Gasteiger partial charge in [0.05, 0.1) is 19.1 Å². The first kappa shape index (κ1) is 14.1. The summed E-state index contributed by atoms with van der Waals surface area (Å²) in [5, 5.41) is 8.52.